The van der Waals surface area contributed by atoms with Gasteiger partial charge in [0.1, 0.15) is 21.5 Å². The van der Waals surface area contributed by atoms with Crippen LogP contribution in [0.25, 0.3) is 21.1 Å². The first kappa shape index (κ1) is 17.8. The fourth-order valence-electron chi connectivity index (χ4n) is 2.50. The third-order valence-electron chi connectivity index (χ3n) is 3.88. The van der Waals surface area contributed by atoms with Crippen molar-refractivity contribution in [1.29, 1.82) is 0 Å². The van der Waals surface area contributed by atoms with E-state index in [1.54, 1.807) is 41.4 Å². The number of halogens is 1. The lowest BCUT2D eigenvalue weighted by Crippen LogP contribution is -1.90. The maximum atomic E-state index is 13.0. The van der Waals surface area contributed by atoms with Crippen LogP contribution in [-0.2, 0) is 5.75 Å². The maximum absolute atomic E-state index is 13.0. The predicted molar refractivity (Wildman–Crippen MR) is 107 cm³/mol. The van der Waals surface area contributed by atoms with E-state index in [1.807, 2.05) is 37.4 Å². The van der Waals surface area contributed by atoms with Crippen molar-refractivity contribution < 1.29 is 4.39 Å². The van der Waals surface area contributed by atoms with Gasteiger partial charge in [0.15, 0.2) is 0 Å². The number of aromatic nitrogens is 4. The molecule has 0 atom stereocenters. The number of benzene rings is 1. The smallest absolute Gasteiger partial charge is 0.125 e. The van der Waals surface area contributed by atoms with Crippen LogP contribution < -0.4 is 0 Å². The van der Waals surface area contributed by atoms with Gasteiger partial charge in [-0.15, -0.1) is 21.5 Å². The van der Waals surface area contributed by atoms with Crippen molar-refractivity contribution in [3.63, 3.8) is 0 Å². The van der Waals surface area contributed by atoms with Crippen LogP contribution in [0.2, 0.25) is 0 Å². The van der Waals surface area contributed by atoms with Gasteiger partial charge in [-0.1, -0.05) is 23.9 Å². The zero-order valence-corrected chi connectivity index (χ0v) is 16.1. The molecule has 0 aliphatic heterocycles. The minimum Gasteiger partial charge on any atom is -0.264 e. The molecule has 3 heterocycles. The summed E-state index contributed by atoms with van der Waals surface area (Å²) in [5, 5.41) is 10.4. The van der Waals surface area contributed by atoms with E-state index in [9.17, 15) is 4.39 Å². The van der Waals surface area contributed by atoms with Gasteiger partial charge < -0.3 is 0 Å². The number of rotatable bonds is 5. The number of hydrogen-bond acceptors (Lipinski definition) is 6. The fraction of sp³-hybridized carbons (Fsp3) is 0.100. The number of nitrogens with zero attached hydrogens (tertiary/aromatic N) is 4. The maximum Gasteiger partial charge on any atom is 0.125 e. The molecule has 7 heteroatoms. The zero-order chi connectivity index (χ0) is 18.6. The van der Waals surface area contributed by atoms with Crippen LogP contribution >= 0.6 is 23.1 Å². The summed E-state index contributed by atoms with van der Waals surface area (Å²) in [6, 6.07) is 14.3. The first-order chi connectivity index (χ1) is 13.2. The Bertz CT molecular complexity index is 1030. The van der Waals surface area contributed by atoms with Gasteiger partial charge >= 0.3 is 0 Å². The molecule has 0 N–H and O–H groups in total. The molecule has 0 spiro atoms. The number of thioether (sulfide) groups is 1. The fourth-order valence-corrected chi connectivity index (χ4v) is 4.29. The number of hydrogen-bond donors (Lipinski definition) is 0. The van der Waals surface area contributed by atoms with Crippen molar-refractivity contribution in [1.82, 2.24) is 20.2 Å². The van der Waals surface area contributed by atoms with Crippen LogP contribution in [0.15, 0.2) is 66.0 Å². The molecule has 4 aromatic rings. The molecule has 0 fully saturated rings. The van der Waals surface area contributed by atoms with Crippen LogP contribution in [0.4, 0.5) is 4.39 Å². The molecule has 1 aromatic carbocycles. The molecule has 0 unspecified atom stereocenters. The van der Waals surface area contributed by atoms with Crippen LogP contribution in [0.5, 0.6) is 0 Å². The van der Waals surface area contributed by atoms with Gasteiger partial charge in [0.25, 0.3) is 0 Å². The first-order valence-electron chi connectivity index (χ1n) is 8.28. The van der Waals surface area contributed by atoms with Crippen molar-refractivity contribution in [3.8, 4) is 21.1 Å². The highest BCUT2D eigenvalue weighted by Gasteiger charge is 2.13. The third-order valence-corrected chi connectivity index (χ3v) is 6.10. The Kier molecular flexibility index (Phi) is 5.22. The summed E-state index contributed by atoms with van der Waals surface area (Å²) < 4.78 is 13.0. The van der Waals surface area contributed by atoms with Crippen molar-refractivity contribution in [2.75, 3.05) is 0 Å². The SMILES string of the molecule is Cc1nc(-c2cccnc2)sc1-c1ccc(SCc2ccc(F)cc2)nn1. The second kappa shape index (κ2) is 7.94. The molecular formula is C20H15FN4S2. The van der Waals surface area contributed by atoms with Gasteiger partial charge in [0.05, 0.1) is 10.6 Å². The topological polar surface area (TPSA) is 51.6 Å². The van der Waals surface area contributed by atoms with Crippen molar-refractivity contribution >= 4 is 23.1 Å². The Labute approximate surface area is 164 Å². The quantitative estimate of drug-likeness (QED) is 0.424. The number of thiazole rings is 1. The van der Waals surface area contributed by atoms with Crippen LogP contribution in [0.1, 0.15) is 11.3 Å². The summed E-state index contributed by atoms with van der Waals surface area (Å²) in [6.45, 7) is 1.98. The number of aryl methyl sites for hydroxylation is 1. The number of pyridine rings is 1. The Morgan fingerprint density at radius 2 is 1.89 bits per heavy atom. The molecule has 0 amide bonds. The van der Waals surface area contributed by atoms with E-state index in [4.69, 9.17) is 0 Å². The van der Waals surface area contributed by atoms with Crippen molar-refractivity contribution in [2.45, 2.75) is 17.7 Å². The molecule has 0 aliphatic carbocycles. The summed E-state index contributed by atoms with van der Waals surface area (Å²) in [7, 11) is 0. The lowest BCUT2D eigenvalue weighted by atomic mass is 10.2. The normalized spacial score (nSPS) is 10.9. The van der Waals surface area contributed by atoms with E-state index in [2.05, 4.69) is 20.2 Å². The van der Waals surface area contributed by atoms with Crippen LogP contribution in [0, 0.1) is 12.7 Å². The summed E-state index contributed by atoms with van der Waals surface area (Å²) in [5.74, 6) is 0.498. The minimum atomic E-state index is -0.224. The van der Waals surface area contributed by atoms with Crippen molar-refractivity contribution in [3.05, 3.63) is 78.0 Å². The van der Waals surface area contributed by atoms with E-state index in [0.717, 1.165) is 43.2 Å². The Morgan fingerprint density at radius 1 is 1.04 bits per heavy atom. The Morgan fingerprint density at radius 3 is 2.59 bits per heavy atom. The molecule has 4 nitrogen and oxygen atoms in total. The lowest BCUT2D eigenvalue weighted by Gasteiger charge is -2.02. The second-order valence-corrected chi connectivity index (χ2v) is 7.84. The molecule has 134 valence electrons. The van der Waals surface area contributed by atoms with Crippen LogP contribution in [-0.4, -0.2) is 20.2 Å². The molecule has 3 aromatic heterocycles. The Hall–Kier alpha value is -2.64. The van der Waals surface area contributed by atoms with Gasteiger partial charge in [-0.25, -0.2) is 9.37 Å². The van der Waals surface area contributed by atoms with Gasteiger partial charge in [0.2, 0.25) is 0 Å². The van der Waals surface area contributed by atoms with E-state index in [1.165, 1.54) is 12.1 Å². The Balaban J connectivity index is 1.49. The molecule has 0 saturated carbocycles. The predicted octanol–water partition coefficient (Wildman–Crippen LogP) is 5.40. The van der Waals surface area contributed by atoms with Crippen molar-refractivity contribution in [2.24, 2.45) is 0 Å². The summed E-state index contributed by atoms with van der Waals surface area (Å²) >= 11 is 3.16. The molecule has 0 bridgehead atoms. The molecule has 0 aliphatic rings. The zero-order valence-electron chi connectivity index (χ0n) is 14.5. The first-order valence-corrected chi connectivity index (χ1v) is 10.1. The van der Waals surface area contributed by atoms with Gasteiger partial charge in [-0.3, -0.25) is 4.98 Å². The highest BCUT2D eigenvalue weighted by molar-refractivity contribution is 7.98. The third kappa shape index (κ3) is 4.20. The summed E-state index contributed by atoms with van der Waals surface area (Å²) in [6.07, 6.45) is 3.56. The van der Waals surface area contributed by atoms with E-state index in [0.29, 0.717) is 0 Å². The van der Waals surface area contributed by atoms with Gasteiger partial charge in [0, 0.05) is 23.7 Å². The highest BCUT2D eigenvalue weighted by Crippen LogP contribution is 2.34. The molecular weight excluding hydrogens is 379 g/mol. The summed E-state index contributed by atoms with van der Waals surface area (Å²) in [5.41, 5.74) is 3.79. The summed E-state index contributed by atoms with van der Waals surface area (Å²) in [4.78, 5) is 9.80. The lowest BCUT2D eigenvalue weighted by molar-refractivity contribution is 0.627. The average Bonchev–Trinajstić information content (AvgIpc) is 3.10. The van der Waals surface area contributed by atoms with Gasteiger partial charge in [-0.05, 0) is 48.9 Å². The van der Waals surface area contributed by atoms with Gasteiger partial charge in [-0.2, -0.15) is 0 Å². The molecule has 0 radical (unpaired) electrons. The highest BCUT2D eigenvalue weighted by atomic mass is 32.2. The standard InChI is InChI=1S/C20H15FN4S2/c1-13-19(27-20(23-13)15-3-2-10-22-11-15)17-8-9-18(25-24-17)26-12-14-4-6-16(21)7-5-14/h2-11H,12H2,1H3. The minimum absolute atomic E-state index is 0.224. The van der Waals surface area contributed by atoms with E-state index < -0.39 is 0 Å². The average molecular weight is 395 g/mol. The second-order valence-electron chi connectivity index (χ2n) is 5.85. The molecule has 27 heavy (non-hydrogen) atoms. The molecule has 0 saturated heterocycles. The monoisotopic (exact) mass is 394 g/mol. The largest absolute Gasteiger partial charge is 0.264 e. The van der Waals surface area contributed by atoms with E-state index in [-0.39, 0.29) is 5.82 Å². The molecule has 4 rings (SSSR count). The van der Waals surface area contributed by atoms with Crippen LogP contribution in [0.3, 0.4) is 0 Å². The van der Waals surface area contributed by atoms with E-state index >= 15 is 0 Å².